The third-order valence-electron chi connectivity index (χ3n) is 3.39. The van der Waals surface area contributed by atoms with E-state index in [9.17, 15) is 0 Å². The molecule has 0 aliphatic carbocycles. The Morgan fingerprint density at radius 2 is 2.00 bits per heavy atom. The number of hydrogen-bond acceptors (Lipinski definition) is 5. The quantitative estimate of drug-likeness (QED) is 0.696. The summed E-state index contributed by atoms with van der Waals surface area (Å²) in [7, 11) is 0. The number of ether oxygens (including phenoxy) is 2. The first-order chi connectivity index (χ1) is 11.6. The fourth-order valence-electron chi connectivity index (χ4n) is 2.26. The summed E-state index contributed by atoms with van der Waals surface area (Å²) in [5.74, 6) is 1.30. The number of benzene rings is 1. The Bertz CT molecular complexity index is 841. The molecule has 0 bridgehead atoms. The second-order valence-corrected chi connectivity index (χ2v) is 6.35. The van der Waals surface area contributed by atoms with Gasteiger partial charge in [-0.2, -0.15) is 0 Å². The Balaban J connectivity index is 1.62. The lowest BCUT2D eigenvalue weighted by Gasteiger charge is -2.16. The monoisotopic (exact) mass is 388 g/mol. The average Bonchev–Trinajstić information content (AvgIpc) is 2.60. The van der Waals surface area contributed by atoms with Gasteiger partial charge in [-0.1, -0.05) is 15.9 Å². The van der Waals surface area contributed by atoms with E-state index in [2.05, 4.69) is 25.9 Å². The van der Waals surface area contributed by atoms with E-state index in [0.717, 1.165) is 15.4 Å². The second-order valence-electron chi connectivity index (χ2n) is 5.43. The summed E-state index contributed by atoms with van der Waals surface area (Å²) in [5, 5.41) is 10.1. The maximum absolute atomic E-state index is 9.11. The molecule has 0 amide bonds. The number of fused-ring (bicyclic) bond motifs is 1. The molecule has 2 heterocycles. The SMILES string of the molecule is CC(COc1cncc(CO)c1)Oc1cnc2ccc(Br)cc2c1. The van der Waals surface area contributed by atoms with Crippen LogP contribution in [0.2, 0.25) is 0 Å². The van der Waals surface area contributed by atoms with Crippen molar-refractivity contribution >= 4 is 26.8 Å². The summed E-state index contributed by atoms with van der Waals surface area (Å²) >= 11 is 3.46. The van der Waals surface area contributed by atoms with Crippen LogP contribution >= 0.6 is 15.9 Å². The summed E-state index contributed by atoms with van der Waals surface area (Å²) in [6.07, 6.45) is 4.77. The van der Waals surface area contributed by atoms with Crippen molar-refractivity contribution in [1.29, 1.82) is 0 Å². The van der Waals surface area contributed by atoms with Crippen LogP contribution < -0.4 is 9.47 Å². The van der Waals surface area contributed by atoms with Crippen molar-refractivity contribution in [2.24, 2.45) is 0 Å². The molecule has 0 radical (unpaired) electrons. The molecule has 1 unspecified atom stereocenters. The van der Waals surface area contributed by atoms with Gasteiger partial charge in [0.05, 0.1) is 24.5 Å². The van der Waals surface area contributed by atoms with Crippen LogP contribution in [0, 0.1) is 0 Å². The van der Waals surface area contributed by atoms with E-state index >= 15 is 0 Å². The van der Waals surface area contributed by atoms with Crippen molar-refractivity contribution in [2.45, 2.75) is 19.6 Å². The van der Waals surface area contributed by atoms with E-state index in [1.165, 1.54) is 0 Å². The number of aliphatic hydroxyl groups is 1. The molecule has 24 heavy (non-hydrogen) atoms. The molecule has 6 heteroatoms. The summed E-state index contributed by atoms with van der Waals surface area (Å²) < 4.78 is 12.5. The number of aromatic nitrogens is 2. The third-order valence-corrected chi connectivity index (χ3v) is 3.89. The molecule has 0 aliphatic heterocycles. The maximum atomic E-state index is 9.11. The second kappa shape index (κ2) is 7.59. The molecule has 3 rings (SSSR count). The highest BCUT2D eigenvalue weighted by molar-refractivity contribution is 9.10. The summed E-state index contributed by atoms with van der Waals surface area (Å²) in [4.78, 5) is 8.41. The molecule has 1 N–H and O–H groups in total. The minimum absolute atomic E-state index is 0.0609. The lowest BCUT2D eigenvalue weighted by molar-refractivity contribution is 0.142. The largest absolute Gasteiger partial charge is 0.488 e. The number of aliphatic hydroxyl groups excluding tert-OH is 1. The van der Waals surface area contributed by atoms with Crippen LogP contribution in [0.3, 0.4) is 0 Å². The molecule has 5 nitrogen and oxygen atoms in total. The van der Waals surface area contributed by atoms with Crippen LogP contribution in [0.15, 0.2) is 53.4 Å². The van der Waals surface area contributed by atoms with E-state index in [0.29, 0.717) is 23.7 Å². The topological polar surface area (TPSA) is 64.5 Å². The van der Waals surface area contributed by atoms with Crippen LogP contribution in [0.25, 0.3) is 10.9 Å². The number of hydrogen-bond donors (Lipinski definition) is 1. The van der Waals surface area contributed by atoms with Crippen molar-refractivity contribution in [2.75, 3.05) is 6.61 Å². The number of halogens is 1. The van der Waals surface area contributed by atoms with Crippen molar-refractivity contribution in [1.82, 2.24) is 9.97 Å². The Morgan fingerprint density at radius 1 is 1.12 bits per heavy atom. The first kappa shape index (κ1) is 16.7. The van der Waals surface area contributed by atoms with Crippen molar-refractivity contribution in [3.05, 3.63) is 59.0 Å². The van der Waals surface area contributed by atoms with Crippen LogP contribution in [0.4, 0.5) is 0 Å². The van der Waals surface area contributed by atoms with Crippen LogP contribution in [-0.4, -0.2) is 27.8 Å². The van der Waals surface area contributed by atoms with Crippen LogP contribution in [-0.2, 0) is 6.61 Å². The van der Waals surface area contributed by atoms with E-state index in [4.69, 9.17) is 14.6 Å². The molecule has 0 spiro atoms. The smallest absolute Gasteiger partial charge is 0.138 e. The van der Waals surface area contributed by atoms with E-state index in [1.807, 2.05) is 31.2 Å². The number of nitrogens with zero attached hydrogens (tertiary/aromatic N) is 2. The molecule has 0 saturated heterocycles. The first-order valence-corrected chi connectivity index (χ1v) is 8.33. The van der Waals surface area contributed by atoms with E-state index in [-0.39, 0.29) is 12.7 Å². The number of pyridine rings is 2. The minimum Gasteiger partial charge on any atom is -0.488 e. The predicted octanol–water partition coefficient (Wildman–Crippen LogP) is 3.73. The molecule has 0 saturated carbocycles. The first-order valence-electron chi connectivity index (χ1n) is 7.53. The molecule has 1 aromatic carbocycles. The van der Waals surface area contributed by atoms with Gasteiger partial charge < -0.3 is 14.6 Å². The van der Waals surface area contributed by atoms with Gasteiger partial charge in [-0.3, -0.25) is 9.97 Å². The molecule has 2 aromatic heterocycles. The lowest BCUT2D eigenvalue weighted by Crippen LogP contribution is -2.21. The van der Waals surface area contributed by atoms with Crippen LogP contribution in [0.1, 0.15) is 12.5 Å². The Labute approximate surface area is 148 Å². The highest BCUT2D eigenvalue weighted by atomic mass is 79.9. The zero-order valence-electron chi connectivity index (χ0n) is 13.1. The normalized spacial score (nSPS) is 12.1. The molecule has 3 aromatic rings. The standard InChI is InChI=1S/C18H17BrN2O3/c1-12(11-23-16-4-13(10-22)7-20-8-16)24-17-6-14-5-15(19)2-3-18(14)21-9-17/h2-9,12,22H,10-11H2,1H3. The van der Waals surface area contributed by atoms with E-state index < -0.39 is 0 Å². The maximum Gasteiger partial charge on any atom is 0.138 e. The van der Waals surface area contributed by atoms with Gasteiger partial charge in [0.2, 0.25) is 0 Å². The highest BCUT2D eigenvalue weighted by Gasteiger charge is 2.08. The van der Waals surface area contributed by atoms with Gasteiger partial charge >= 0.3 is 0 Å². The van der Waals surface area contributed by atoms with Crippen molar-refractivity contribution in [3.8, 4) is 11.5 Å². The van der Waals surface area contributed by atoms with Gasteiger partial charge in [0.1, 0.15) is 24.2 Å². The van der Waals surface area contributed by atoms with Gasteiger partial charge in [0.15, 0.2) is 0 Å². The molecule has 1 atom stereocenters. The zero-order valence-corrected chi connectivity index (χ0v) is 14.7. The molecular formula is C18H17BrN2O3. The van der Waals surface area contributed by atoms with Crippen molar-refractivity contribution in [3.63, 3.8) is 0 Å². The average molecular weight is 389 g/mol. The van der Waals surface area contributed by atoms with Gasteiger partial charge in [-0.15, -0.1) is 0 Å². The molecular weight excluding hydrogens is 372 g/mol. The number of rotatable bonds is 6. The summed E-state index contributed by atoms with van der Waals surface area (Å²) in [6, 6.07) is 9.63. The molecule has 0 fully saturated rings. The van der Waals surface area contributed by atoms with Gasteiger partial charge in [-0.05, 0) is 42.8 Å². The fraction of sp³-hybridized carbons (Fsp3) is 0.222. The Hall–Kier alpha value is -2.18. The van der Waals surface area contributed by atoms with E-state index in [1.54, 1.807) is 24.7 Å². The van der Waals surface area contributed by atoms with Crippen LogP contribution in [0.5, 0.6) is 11.5 Å². The molecule has 124 valence electrons. The van der Waals surface area contributed by atoms with Gasteiger partial charge in [-0.25, -0.2) is 0 Å². The minimum atomic E-state index is -0.158. The fourth-order valence-corrected chi connectivity index (χ4v) is 2.63. The van der Waals surface area contributed by atoms with Gasteiger partial charge in [0, 0.05) is 16.1 Å². The highest BCUT2D eigenvalue weighted by Crippen LogP contribution is 2.23. The predicted molar refractivity (Wildman–Crippen MR) is 95.2 cm³/mol. The summed E-state index contributed by atoms with van der Waals surface area (Å²) in [6.45, 7) is 2.23. The Kier molecular flexibility index (Phi) is 5.27. The zero-order chi connectivity index (χ0) is 16.9. The van der Waals surface area contributed by atoms with Gasteiger partial charge in [0.25, 0.3) is 0 Å². The third kappa shape index (κ3) is 4.21. The molecule has 0 aliphatic rings. The summed E-state index contributed by atoms with van der Waals surface area (Å²) in [5.41, 5.74) is 1.63. The lowest BCUT2D eigenvalue weighted by atomic mass is 10.2. The van der Waals surface area contributed by atoms with Crippen molar-refractivity contribution < 1.29 is 14.6 Å². The Morgan fingerprint density at radius 3 is 2.83 bits per heavy atom.